The Kier molecular flexibility index (Phi) is 4.18. The molecule has 0 aromatic carbocycles. The molecule has 1 saturated heterocycles. The topological polar surface area (TPSA) is 66.0 Å². The van der Waals surface area contributed by atoms with Crippen LogP contribution in [0.5, 0.6) is 0 Å². The maximum Gasteiger partial charge on any atom is 0.141 e. The third-order valence-corrected chi connectivity index (χ3v) is 3.81. The average molecular weight is 246 g/mol. The van der Waals surface area contributed by atoms with Crippen LogP contribution in [0.2, 0.25) is 0 Å². The molecular formula is C14H22N4. The first-order valence-electron chi connectivity index (χ1n) is 6.76. The molecule has 1 aliphatic rings. The van der Waals surface area contributed by atoms with Crippen LogP contribution < -0.4 is 10.6 Å². The lowest BCUT2D eigenvalue weighted by molar-refractivity contribution is 0.459. The van der Waals surface area contributed by atoms with E-state index in [4.69, 9.17) is 11.1 Å². The van der Waals surface area contributed by atoms with Crippen LogP contribution in [0.4, 0.5) is 5.69 Å². The summed E-state index contributed by atoms with van der Waals surface area (Å²) >= 11 is 0. The highest BCUT2D eigenvalue weighted by atomic mass is 15.1. The first kappa shape index (κ1) is 12.9. The second-order valence-electron chi connectivity index (χ2n) is 5.01. The largest absolute Gasteiger partial charge is 0.382 e. The van der Waals surface area contributed by atoms with Crippen molar-refractivity contribution in [2.24, 2.45) is 11.7 Å². The fourth-order valence-corrected chi connectivity index (χ4v) is 2.60. The number of amidine groups is 1. The summed E-state index contributed by atoms with van der Waals surface area (Å²) in [5, 5.41) is 7.45. The average Bonchev–Trinajstić information content (AvgIpc) is 2.64. The minimum atomic E-state index is 0.0399. The minimum Gasteiger partial charge on any atom is -0.382 e. The number of nitrogen functional groups attached to an aromatic ring is 1. The molecule has 1 aliphatic heterocycles. The highest BCUT2D eigenvalue weighted by Crippen LogP contribution is 2.24. The van der Waals surface area contributed by atoms with E-state index in [2.05, 4.69) is 16.8 Å². The summed E-state index contributed by atoms with van der Waals surface area (Å²) in [5.74, 6) is 0.905. The van der Waals surface area contributed by atoms with Crippen molar-refractivity contribution in [2.45, 2.75) is 32.6 Å². The number of hydrogen-bond acceptors (Lipinski definition) is 3. The molecule has 1 atom stereocenters. The van der Waals surface area contributed by atoms with Crippen LogP contribution in [0, 0.1) is 11.3 Å². The van der Waals surface area contributed by atoms with E-state index in [0.29, 0.717) is 5.69 Å². The van der Waals surface area contributed by atoms with Gasteiger partial charge in [-0.25, -0.2) is 0 Å². The van der Waals surface area contributed by atoms with Crippen LogP contribution in [0.1, 0.15) is 38.3 Å². The Hall–Kier alpha value is -1.58. The van der Waals surface area contributed by atoms with E-state index < -0.39 is 0 Å². The van der Waals surface area contributed by atoms with Gasteiger partial charge in [0.15, 0.2) is 0 Å². The van der Waals surface area contributed by atoms with Gasteiger partial charge in [0.2, 0.25) is 0 Å². The van der Waals surface area contributed by atoms with Gasteiger partial charge in [0.1, 0.15) is 11.5 Å². The summed E-state index contributed by atoms with van der Waals surface area (Å²) in [6.07, 6.45) is 6.86. The van der Waals surface area contributed by atoms with Gasteiger partial charge in [-0.15, -0.1) is 0 Å². The summed E-state index contributed by atoms with van der Waals surface area (Å²) in [4.78, 5) is 6.50. The van der Waals surface area contributed by atoms with E-state index in [1.54, 1.807) is 6.20 Å². The summed E-state index contributed by atoms with van der Waals surface area (Å²) in [5.41, 5.74) is 7.21. The van der Waals surface area contributed by atoms with Crippen LogP contribution >= 0.6 is 0 Å². The summed E-state index contributed by atoms with van der Waals surface area (Å²) in [7, 11) is 0. The quantitative estimate of drug-likeness (QED) is 0.635. The summed E-state index contributed by atoms with van der Waals surface area (Å²) in [6, 6.07) is 3.94. The molecule has 0 aliphatic carbocycles. The lowest BCUT2D eigenvalue weighted by Crippen LogP contribution is -2.25. The van der Waals surface area contributed by atoms with Gasteiger partial charge < -0.3 is 10.6 Å². The van der Waals surface area contributed by atoms with Gasteiger partial charge in [-0.2, -0.15) is 0 Å². The standard InChI is InChI=1S/C14H22N4/c1-2-11-4-3-8-18(9-6-11)12-5-7-17-13(10-12)14(15)16/h5,7,10-11H,2-4,6,8-9H2,1H3,(H3,15,16). The number of nitrogens with zero attached hydrogens (tertiary/aromatic N) is 2. The maximum absolute atomic E-state index is 7.45. The first-order valence-corrected chi connectivity index (χ1v) is 6.76. The highest BCUT2D eigenvalue weighted by molar-refractivity contribution is 5.93. The van der Waals surface area contributed by atoms with Crippen molar-refractivity contribution in [3.05, 3.63) is 24.0 Å². The fraction of sp³-hybridized carbons (Fsp3) is 0.571. The van der Waals surface area contributed by atoms with Crippen molar-refractivity contribution in [1.82, 2.24) is 4.98 Å². The van der Waals surface area contributed by atoms with E-state index in [-0.39, 0.29) is 5.84 Å². The predicted molar refractivity (Wildman–Crippen MR) is 75.1 cm³/mol. The van der Waals surface area contributed by atoms with Crippen LogP contribution in [0.25, 0.3) is 0 Å². The Balaban J connectivity index is 2.11. The number of nitrogens with one attached hydrogen (secondary N) is 1. The lowest BCUT2D eigenvalue weighted by Gasteiger charge is -2.23. The van der Waals surface area contributed by atoms with E-state index in [0.717, 1.165) is 24.7 Å². The normalized spacial score (nSPS) is 20.5. The molecule has 1 aromatic heterocycles. The Morgan fingerprint density at radius 2 is 2.33 bits per heavy atom. The second-order valence-corrected chi connectivity index (χ2v) is 5.01. The molecule has 4 nitrogen and oxygen atoms in total. The molecule has 0 spiro atoms. The smallest absolute Gasteiger partial charge is 0.141 e. The number of aromatic nitrogens is 1. The van der Waals surface area contributed by atoms with Crippen molar-refractivity contribution in [3.8, 4) is 0 Å². The maximum atomic E-state index is 7.45. The number of hydrogen-bond donors (Lipinski definition) is 2. The molecule has 1 aromatic rings. The lowest BCUT2D eigenvalue weighted by atomic mass is 9.98. The molecule has 2 heterocycles. The number of nitrogens with two attached hydrogens (primary N) is 1. The molecular weight excluding hydrogens is 224 g/mol. The first-order chi connectivity index (χ1) is 8.70. The Morgan fingerprint density at radius 3 is 3.06 bits per heavy atom. The molecule has 0 saturated carbocycles. The zero-order valence-corrected chi connectivity index (χ0v) is 11.0. The van der Waals surface area contributed by atoms with Gasteiger partial charge in [0.25, 0.3) is 0 Å². The molecule has 4 heteroatoms. The molecule has 3 N–H and O–H groups in total. The Morgan fingerprint density at radius 1 is 1.50 bits per heavy atom. The SMILES string of the molecule is CCC1CCCN(c2ccnc(C(=N)N)c2)CC1. The van der Waals surface area contributed by atoms with Crippen LogP contribution in [0.15, 0.2) is 18.3 Å². The van der Waals surface area contributed by atoms with Gasteiger partial charge in [0, 0.05) is 25.0 Å². The van der Waals surface area contributed by atoms with Gasteiger partial charge >= 0.3 is 0 Å². The van der Waals surface area contributed by atoms with E-state index in [1.807, 2.05) is 12.1 Å². The van der Waals surface area contributed by atoms with Gasteiger partial charge in [-0.3, -0.25) is 10.4 Å². The third-order valence-electron chi connectivity index (χ3n) is 3.81. The number of pyridine rings is 1. The van der Waals surface area contributed by atoms with Crippen molar-refractivity contribution < 1.29 is 0 Å². The monoisotopic (exact) mass is 246 g/mol. The summed E-state index contributed by atoms with van der Waals surface area (Å²) < 4.78 is 0. The minimum absolute atomic E-state index is 0.0399. The molecule has 1 unspecified atom stereocenters. The highest BCUT2D eigenvalue weighted by Gasteiger charge is 2.16. The van der Waals surface area contributed by atoms with Crippen LogP contribution in [-0.2, 0) is 0 Å². The van der Waals surface area contributed by atoms with Gasteiger partial charge in [0.05, 0.1) is 0 Å². The molecule has 1 fully saturated rings. The number of anilines is 1. The van der Waals surface area contributed by atoms with Crippen molar-refractivity contribution >= 4 is 11.5 Å². The zero-order chi connectivity index (χ0) is 13.0. The predicted octanol–water partition coefficient (Wildman–Crippen LogP) is 2.38. The number of rotatable bonds is 3. The Labute approximate surface area is 109 Å². The summed E-state index contributed by atoms with van der Waals surface area (Å²) in [6.45, 7) is 4.47. The van der Waals surface area contributed by atoms with Crippen molar-refractivity contribution in [3.63, 3.8) is 0 Å². The molecule has 0 amide bonds. The van der Waals surface area contributed by atoms with E-state index in [9.17, 15) is 0 Å². The van der Waals surface area contributed by atoms with Gasteiger partial charge in [-0.05, 0) is 37.3 Å². The third kappa shape index (κ3) is 3.00. The zero-order valence-electron chi connectivity index (χ0n) is 11.0. The molecule has 98 valence electrons. The molecule has 2 rings (SSSR count). The van der Waals surface area contributed by atoms with Crippen molar-refractivity contribution in [1.29, 1.82) is 5.41 Å². The molecule has 0 bridgehead atoms. The van der Waals surface area contributed by atoms with E-state index >= 15 is 0 Å². The molecule has 18 heavy (non-hydrogen) atoms. The van der Waals surface area contributed by atoms with Crippen LogP contribution in [-0.4, -0.2) is 23.9 Å². The second kappa shape index (κ2) is 5.85. The van der Waals surface area contributed by atoms with Crippen molar-refractivity contribution in [2.75, 3.05) is 18.0 Å². The van der Waals surface area contributed by atoms with Gasteiger partial charge in [-0.1, -0.05) is 13.3 Å². The van der Waals surface area contributed by atoms with Crippen LogP contribution in [0.3, 0.4) is 0 Å². The van der Waals surface area contributed by atoms with E-state index in [1.165, 1.54) is 25.7 Å². The Bertz CT molecular complexity index is 416. The molecule has 0 radical (unpaired) electrons. The fourth-order valence-electron chi connectivity index (χ4n) is 2.60.